The maximum absolute atomic E-state index is 4.31. The summed E-state index contributed by atoms with van der Waals surface area (Å²) in [6.07, 6.45) is 1.79. The minimum atomic E-state index is -0.553. The van der Waals surface area contributed by atoms with E-state index in [1.807, 2.05) is 60.7 Å². The van der Waals surface area contributed by atoms with Gasteiger partial charge in [-0.2, -0.15) is 0 Å². The van der Waals surface area contributed by atoms with Crippen molar-refractivity contribution in [3.63, 3.8) is 0 Å². The molecular formula is C14H11N3. The van der Waals surface area contributed by atoms with E-state index in [1.54, 1.807) is 6.21 Å². The van der Waals surface area contributed by atoms with Gasteiger partial charge in [0.25, 0.3) is 0 Å². The van der Waals surface area contributed by atoms with Gasteiger partial charge in [-0.05, 0) is 16.4 Å². The van der Waals surface area contributed by atoms with Crippen LogP contribution >= 0.6 is 0 Å². The molecule has 1 aliphatic rings. The molecule has 1 aliphatic heterocycles. The van der Waals surface area contributed by atoms with E-state index in [0.717, 1.165) is 11.1 Å². The zero-order valence-electron chi connectivity index (χ0n) is 9.19. The summed E-state index contributed by atoms with van der Waals surface area (Å²) in [5.74, 6) is 0. The largest absolute Gasteiger partial charge is 0.170 e. The van der Waals surface area contributed by atoms with Crippen molar-refractivity contribution in [3.05, 3.63) is 71.8 Å². The van der Waals surface area contributed by atoms with Crippen molar-refractivity contribution in [1.29, 1.82) is 0 Å². The van der Waals surface area contributed by atoms with E-state index in [9.17, 15) is 0 Å². The summed E-state index contributed by atoms with van der Waals surface area (Å²) in [5.41, 5.74) is 1.61. The van der Waals surface area contributed by atoms with Crippen molar-refractivity contribution in [2.45, 2.75) is 5.54 Å². The predicted molar refractivity (Wildman–Crippen MR) is 67.0 cm³/mol. The Labute approximate surface area is 99.5 Å². The van der Waals surface area contributed by atoms with Gasteiger partial charge in [-0.3, -0.25) is 0 Å². The second-order valence-electron chi connectivity index (χ2n) is 3.93. The van der Waals surface area contributed by atoms with E-state index in [1.165, 1.54) is 0 Å². The highest BCUT2D eigenvalue weighted by Gasteiger charge is 2.35. The van der Waals surface area contributed by atoms with E-state index >= 15 is 0 Å². The maximum Gasteiger partial charge on any atom is 0.170 e. The molecule has 3 heteroatoms. The van der Waals surface area contributed by atoms with Crippen LogP contribution in [0.15, 0.2) is 76.1 Å². The maximum atomic E-state index is 4.31. The number of hydrogen-bond donors (Lipinski definition) is 0. The number of hydrogen-bond acceptors (Lipinski definition) is 3. The molecule has 0 N–H and O–H groups in total. The summed E-state index contributed by atoms with van der Waals surface area (Å²) in [6, 6.07) is 20.2. The molecule has 17 heavy (non-hydrogen) atoms. The smallest absolute Gasteiger partial charge is 0.146 e. The molecule has 0 unspecified atom stereocenters. The molecule has 0 aliphatic carbocycles. The Bertz CT molecular complexity index is 505. The minimum Gasteiger partial charge on any atom is -0.146 e. The van der Waals surface area contributed by atoms with Crippen LogP contribution in [0.4, 0.5) is 0 Å². The normalized spacial score (nSPS) is 16.2. The van der Waals surface area contributed by atoms with E-state index in [-0.39, 0.29) is 0 Å². The molecule has 3 nitrogen and oxygen atoms in total. The Morgan fingerprint density at radius 3 is 1.65 bits per heavy atom. The molecule has 3 rings (SSSR count). The quantitative estimate of drug-likeness (QED) is 0.745. The van der Waals surface area contributed by atoms with Crippen LogP contribution in [0.5, 0.6) is 0 Å². The van der Waals surface area contributed by atoms with Crippen molar-refractivity contribution in [3.8, 4) is 0 Å². The van der Waals surface area contributed by atoms with Crippen molar-refractivity contribution < 1.29 is 0 Å². The lowest BCUT2D eigenvalue weighted by atomic mass is 9.85. The van der Waals surface area contributed by atoms with Gasteiger partial charge in [0.2, 0.25) is 0 Å². The second kappa shape index (κ2) is 3.94. The average molecular weight is 221 g/mol. The van der Waals surface area contributed by atoms with Crippen LogP contribution in [-0.2, 0) is 5.54 Å². The van der Waals surface area contributed by atoms with Gasteiger partial charge < -0.3 is 0 Å². The fraction of sp³-hybridized carbons (Fsp3) is 0.0714. The number of nitrogens with zero attached hydrogens (tertiary/aromatic N) is 3. The van der Waals surface area contributed by atoms with Gasteiger partial charge >= 0.3 is 0 Å². The summed E-state index contributed by atoms with van der Waals surface area (Å²) in [7, 11) is 0. The molecular weight excluding hydrogens is 210 g/mol. The van der Waals surface area contributed by atoms with E-state index < -0.39 is 5.54 Å². The zero-order valence-corrected chi connectivity index (χ0v) is 9.19. The second-order valence-corrected chi connectivity index (χ2v) is 3.93. The Kier molecular flexibility index (Phi) is 2.29. The van der Waals surface area contributed by atoms with Crippen LogP contribution in [0.3, 0.4) is 0 Å². The minimum absolute atomic E-state index is 0.553. The predicted octanol–water partition coefficient (Wildman–Crippen LogP) is 3.38. The molecule has 0 radical (unpaired) electrons. The van der Waals surface area contributed by atoms with Crippen LogP contribution in [-0.4, -0.2) is 6.21 Å². The molecule has 0 saturated carbocycles. The summed E-state index contributed by atoms with van der Waals surface area (Å²) in [6.45, 7) is 0. The lowest BCUT2D eigenvalue weighted by Crippen LogP contribution is -2.24. The van der Waals surface area contributed by atoms with E-state index in [0.29, 0.717) is 0 Å². The van der Waals surface area contributed by atoms with Crippen molar-refractivity contribution in [1.82, 2.24) is 0 Å². The SMILES string of the molecule is C1=NN=NC1(c1ccccc1)c1ccccc1. The van der Waals surface area contributed by atoms with Gasteiger partial charge in [-0.25, -0.2) is 0 Å². The van der Waals surface area contributed by atoms with Crippen molar-refractivity contribution in [2.75, 3.05) is 0 Å². The molecule has 0 spiro atoms. The molecule has 2 aromatic carbocycles. The summed E-state index contributed by atoms with van der Waals surface area (Å²) >= 11 is 0. The van der Waals surface area contributed by atoms with Gasteiger partial charge in [0.1, 0.15) is 0 Å². The van der Waals surface area contributed by atoms with Gasteiger partial charge in [0.05, 0.1) is 6.21 Å². The first-order valence-electron chi connectivity index (χ1n) is 5.49. The Morgan fingerprint density at radius 2 is 1.24 bits per heavy atom. The molecule has 2 aromatic rings. The molecule has 0 fully saturated rings. The third-order valence-corrected chi connectivity index (χ3v) is 2.93. The topological polar surface area (TPSA) is 37.1 Å². The highest BCUT2D eigenvalue weighted by Crippen LogP contribution is 2.34. The lowest BCUT2D eigenvalue weighted by molar-refractivity contribution is 0.719. The molecule has 82 valence electrons. The molecule has 0 atom stereocenters. The summed E-state index contributed by atoms with van der Waals surface area (Å²) in [4.78, 5) is 0. The van der Waals surface area contributed by atoms with Gasteiger partial charge in [0.15, 0.2) is 5.54 Å². The first-order chi connectivity index (χ1) is 8.42. The van der Waals surface area contributed by atoms with Crippen molar-refractivity contribution in [2.24, 2.45) is 15.4 Å². The first-order valence-corrected chi connectivity index (χ1v) is 5.49. The summed E-state index contributed by atoms with van der Waals surface area (Å²) in [5, 5.41) is 12.0. The van der Waals surface area contributed by atoms with Crippen LogP contribution in [0.25, 0.3) is 0 Å². The third kappa shape index (κ3) is 1.56. The average Bonchev–Trinajstić information content (AvgIpc) is 2.91. The third-order valence-electron chi connectivity index (χ3n) is 2.93. The van der Waals surface area contributed by atoms with Gasteiger partial charge in [0, 0.05) is 0 Å². The highest BCUT2D eigenvalue weighted by molar-refractivity contribution is 5.79. The highest BCUT2D eigenvalue weighted by atomic mass is 15.4. The number of rotatable bonds is 2. The first kappa shape index (κ1) is 9.90. The molecule has 0 bridgehead atoms. The Balaban J connectivity index is 2.19. The Morgan fingerprint density at radius 1 is 0.706 bits per heavy atom. The fourth-order valence-corrected chi connectivity index (χ4v) is 2.05. The Hall–Kier alpha value is -2.29. The van der Waals surface area contributed by atoms with Crippen LogP contribution in [0.1, 0.15) is 11.1 Å². The lowest BCUT2D eigenvalue weighted by Gasteiger charge is -2.22. The van der Waals surface area contributed by atoms with Gasteiger partial charge in [-0.1, -0.05) is 60.7 Å². The van der Waals surface area contributed by atoms with E-state index in [2.05, 4.69) is 15.4 Å². The van der Waals surface area contributed by atoms with Crippen LogP contribution < -0.4 is 0 Å². The van der Waals surface area contributed by atoms with Crippen LogP contribution in [0.2, 0.25) is 0 Å². The molecule has 0 saturated heterocycles. The monoisotopic (exact) mass is 221 g/mol. The molecule has 0 amide bonds. The fourth-order valence-electron chi connectivity index (χ4n) is 2.05. The number of benzene rings is 2. The molecule has 1 heterocycles. The summed E-state index contributed by atoms with van der Waals surface area (Å²) < 4.78 is 0. The standard InChI is InChI=1S/C14H11N3/c1-3-7-12(8-4-1)14(11-15-17-16-14)13-9-5-2-6-10-13/h1-11H. The van der Waals surface area contributed by atoms with Crippen molar-refractivity contribution >= 4 is 6.21 Å². The van der Waals surface area contributed by atoms with Gasteiger partial charge in [-0.15, -0.1) is 10.2 Å². The van der Waals surface area contributed by atoms with Crippen LogP contribution in [0, 0.1) is 0 Å². The van der Waals surface area contributed by atoms with E-state index in [4.69, 9.17) is 0 Å². The molecule has 0 aromatic heterocycles. The zero-order chi connectivity index (χ0) is 11.6.